The van der Waals surface area contributed by atoms with Crippen LogP contribution in [0.5, 0.6) is 5.75 Å². The van der Waals surface area contributed by atoms with Gasteiger partial charge < -0.3 is 20.7 Å². The third kappa shape index (κ3) is 4.41. The van der Waals surface area contributed by atoms with Crippen LogP contribution in [0.1, 0.15) is 50.2 Å². The van der Waals surface area contributed by atoms with Gasteiger partial charge in [0, 0.05) is 6.42 Å². The second-order valence-corrected chi connectivity index (χ2v) is 8.15. The van der Waals surface area contributed by atoms with Crippen molar-refractivity contribution in [2.75, 3.05) is 6.54 Å². The summed E-state index contributed by atoms with van der Waals surface area (Å²) in [6.45, 7) is 4.93. The van der Waals surface area contributed by atoms with E-state index in [2.05, 4.69) is 12.2 Å². The van der Waals surface area contributed by atoms with Crippen LogP contribution in [0.2, 0.25) is 0 Å². The van der Waals surface area contributed by atoms with Crippen molar-refractivity contribution in [3.8, 4) is 5.75 Å². The molecule has 1 fully saturated rings. The van der Waals surface area contributed by atoms with Gasteiger partial charge in [-0.15, -0.1) is 0 Å². The maximum Gasteiger partial charge on any atom is 0.547 e. The van der Waals surface area contributed by atoms with Crippen LogP contribution in [-0.2, 0) is 11.2 Å². The number of amides is 1. The van der Waals surface area contributed by atoms with E-state index in [-0.39, 0.29) is 11.8 Å². The minimum absolute atomic E-state index is 0.0177. The normalized spacial score (nSPS) is 26.6. The topological polar surface area (TPSA) is 84.6 Å². The fraction of sp³-hybridized carbons (Fsp3) is 0.650. The molecule has 3 rings (SSSR count). The average molecular weight is 358 g/mol. The maximum absolute atomic E-state index is 12.5. The zero-order chi connectivity index (χ0) is 18.7. The molecule has 0 spiro atoms. The number of nitrogens with two attached hydrogens (primary N) is 1. The molecule has 1 heterocycles. The van der Waals surface area contributed by atoms with Crippen molar-refractivity contribution >= 4 is 13.0 Å². The molecule has 0 radical (unpaired) electrons. The first kappa shape index (κ1) is 19.2. The van der Waals surface area contributed by atoms with Gasteiger partial charge in [-0.25, -0.2) is 0 Å². The summed E-state index contributed by atoms with van der Waals surface area (Å²) in [6, 6.07) is 5.94. The fourth-order valence-electron chi connectivity index (χ4n) is 4.39. The van der Waals surface area contributed by atoms with Gasteiger partial charge in [-0.1, -0.05) is 25.1 Å². The number of rotatable bonds is 5. The molecule has 1 aliphatic carbocycles. The molecule has 0 aromatic heterocycles. The molecule has 5 nitrogen and oxygen atoms in total. The molecule has 2 atom stereocenters. The Balaban J connectivity index is 1.50. The van der Waals surface area contributed by atoms with E-state index in [0.29, 0.717) is 30.6 Å². The summed E-state index contributed by atoms with van der Waals surface area (Å²) >= 11 is 0. The molecule has 1 aromatic rings. The summed E-state index contributed by atoms with van der Waals surface area (Å²) < 4.78 is 5.65. The number of hydrogen-bond acceptors (Lipinski definition) is 4. The van der Waals surface area contributed by atoms with Gasteiger partial charge >= 0.3 is 7.12 Å². The molecule has 1 saturated carbocycles. The van der Waals surface area contributed by atoms with Crippen LogP contribution in [0.15, 0.2) is 18.2 Å². The van der Waals surface area contributed by atoms with Crippen LogP contribution in [-0.4, -0.2) is 30.5 Å². The maximum atomic E-state index is 12.5. The van der Waals surface area contributed by atoms with E-state index in [1.54, 1.807) is 0 Å². The molecule has 2 aliphatic rings. The lowest BCUT2D eigenvalue weighted by Gasteiger charge is -2.32. The van der Waals surface area contributed by atoms with E-state index in [9.17, 15) is 9.82 Å². The fourth-order valence-corrected chi connectivity index (χ4v) is 4.39. The summed E-state index contributed by atoms with van der Waals surface area (Å²) in [4.78, 5) is 12.5. The number of hydrogen-bond donors (Lipinski definition) is 3. The van der Waals surface area contributed by atoms with Crippen molar-refractivity contribution in [1.29, 1.82) is 0 Å². The van der Waals surface area contributed by atoms with Crippen molar-refractivity contribution in [1.82, 2.24) is 5.32 Å². The number of benzene rings is 1. The smallest absolute Gasteiger partial charge is 0.534 e. The van der Waals surface area contributed by atoms with E-state index in [4.69, 9.17) is 10.4 Å². The van der Waals surface area contributed by atoms with Gasteiger partial charge in [0.2, 0.25) is 5.91 Å². The predicted octanol–water partition coefficient (Wildman–Crippen LogP) is 2.23. The van der Waals surface area contributed by atoms with E-state index in [0.717, 1.165) is 49.1 Å². The number of aryl methyl sites for hydroxylation is 1. The minimum Gasteiger partial charge on any atom is -0.534 e. The summed E-state index contributed by atoms with van der Waals surface area (Å²) in [5, 5.41) is 13.3. The highest BCUT2D eigenvalue weighted by Crippen LogP contribution is 2.35. The van der Waals surface area contributed by atoms with Crippen molar-refractivity contribution in [3.63, 3.8) is 0 Å². The lowest BCUT2D eigenvalue weighted by molar-refractivity contribution is -0.122. The highest BCUT2D eigenvalue weighted by molar-refractivity contribution is 6.46. The molecule has 2 unspecified atom stereocenters. The molecule has 142 valence electrons. The molecule has 6 heteroatoms. The molecule has 1 amide bonds. The van der Waals surface area contributed by atoms with E-state index in [1.165, 1.54) is 0 Å². The van der Waals surface area contributed by atoms with E-state index < -0.39 is 7.12 Å². The Kier molecular flexibility index (Phi) is 6.25. The first-order valence-electron chi connectivity index (χ1n) is 9.90. The highest BCUT2D eigenvalue weighted by atomic mass is 16.5. The summed E-state index contributed by atoms with van der Waals surface area (Å²) in [5.74, 6) is 2.09. The van der Waals surface area contributed by atoms with Crippen LogP contribution < -0.4 is 15.7 Å². The molecule has 26 heavy (non-hydrogen) atoms. The zero-order valence-electron chi connectivity index (χ0n) is 15.9. The zero-order valence-corrected chi connectivity index (χ0v) is 15.9. The van der Waals surface area contributed by atoms with Crippen LogP contribution in [0, 0.1) is 24.7 Å². The van der Waals surface area contributed by atoms with Gasteiger partial charge in [0.15, 0.2) is 0 Å². The lowest BCUT2D eigenvalue weighted by atomic mass is 9.72. The van der Waals surface area contributed by atoms with Crippen molar-refractivity contribution in [3.05, 3.63) is 29.3 Å². The predicted molar refractivity (Wildman–Crippen MR) is 104 cm³/mol. The monoisotopic (exact) mass is 358 g/mol. The SMILES string of the molecule is Cc1cccc2c1OB(O)C(NC(=O)CC1CCC(C(C)CN)CC1)C2. The Morgan fingerprint density at radius 3 is 2.81 bits per heavy atom. The summed E-state index contributed by atoms with van der Waals surface area (Å²) in [5.41, 5.74) is 7.83. The lowest BCUT2D eigenvalue weighted by Crippen LogP contribution is -2.53. The number of carbonyl (C=O) groups is 1. The third-order valence-corrected chi connectivity index (χ3v) is 6.20. The quantitative estimate of drug-likeness (QED) is 0.705. The van der Waals surface area contributed by atoms with Crippen molar-refractivity contribution in [2.24, 2.45) is 23.5 Å². The summed E-state index contributed by atoms with van der Waals surface area (Å²) in [6.07, 6.45) is 5.65. The highest BCUT2D eigenvalue weighted by Gasteiger charge is 2.37. The standard InChI is InChI=1S/C20H31BN2O3/c1-13-4-3-5-17-11-18(21(25)26-20(13)17)23-19(24)10-15-6-8-16(9-7-15)14(2)12-22/h3-5,14-16,18,25H,6-12,22H2,1-2H3,(H,23,24). The largest absolute Gasteiger partial charge is 0.547 e. The Hall–Kier alpha value is -1.53. The van der Waals surface area contributed by atoms with Crippen LogP contribution in [0.3, 0.4) is 0 Å². The first-order valence-corrected chi connectivity index (χ1v) is 9.90. The number of carbonyl (C=O) groups excluding carboxylic acids is 1. The van der Waals surface area contributed by atoms with Gasteiger partial charge in [0.1, 0.15) is 5.75 Å². The van der Waals surface area contributed by atoms with E-state index >= 15 is 0 Å². The third-order valence-electron chi connectivity index (χ3n) is 6.20. The Morgan fingerprint density at radius 2 is 2.12 bits per heavy atom. The molecule has 0 bridgehead atoms. The van der Waals surface area contributed by atoms with Crippen LogP contribution >= 0.6 is 0 Å². The Labute approximate surface area is 156 Å². The van der Waals surface area contributed by atoms with Gasteiger partial charge in [-0.05, 0) is 74.5 Å². The van der Waals surface area contributed by atoms with Gasteiger partial charge in [0.05, 0.1) is 5.94 Å². The first-order chi connectivity index (χ1) is 12.5. The molecular formula is C20H31BN2O3. The molecule has 1 aromatic carbocycles. The molecular weight excluding hydrogens is 327 g/mol. The van der Waals surface area contributed by atoms with Crippen molar-refractivity contribution < 1.29 is 14.5 Å². The Bertz CT molecular complexity index is 631. The Morgan fingerprint density at radius 1 is 1.38 bits per heavy atom. The van der Waals surface area contributed by atoms with Crippen LogP contribution in [0.25, 0.3) is 0 Å². The number of para-hydroxylation sites is 1. The molecule has 0 saturated heterocycles. The van der Waals surface area contributed by atoms with Gasteiger partial charge in [-0.3, -0.25) is 4.79 Å². The van der Waals surface area contributed by atoms with Gasteiger partial charge in [-0.2, -0.15) is 0 Å². The van der Waals surface area contributed by atoms with Crippen LogP contribution in [0.4, 0.5) is 0 Å². The average Bonchev–Trinajstić information content (AvgIpc) is 2.63. The second kappa shape index (κ2) is 8.44. The molecule has 4 N–H and O–H groups in total. The second-order valence-electron chi connectivity index (χ2n) is 8.15. The molecule has 1 aliphatic heterocycles. The minimum atomic E-state index is -0.992. The van der Waals surface area contributed by atoms with Crippen molar-refractivity contribution in [2.45, 2.75) is 58.3 Å². The van der Waals surface area contributed by atoms with Gasteiger partial charge in [0.25, 0.3) is 0 Å². The number of fused-ring (bicyclic) bond motifs is 1. The summed E-state index contributed by atoms with van der Waals surface area (Å²) in [7, 11) is -0.992. The van der Waals surface area contributed by atoms with E-state index in [1.807, 2.05) is 25.1 Å². The number of nitrogens with one attached hydrogen (secondary N) is 1.